The molecule has 0 fully saturated rings. The number of aryl methyl sites for hydroxylation is 1. The lowest BCUT2D eigenvalue weighted by Crippen LogP contribution is -1.91. The minimum Gasteiger partial charge on any atom is -0.289 e. The fourth-order valence-corrected chi connectivity index (χ4v) is 1.31. The molecule has 0 aliphatic rings. The number of hydrogen-bond donors (Lipinski definition) is 0. The summed E-state index contributed by atoms with van der Waals surface area (Å²) in [5, 5.41) is 0. The van der Waals surface area contributed by atoms with Crippen molar-refractivity contribution < 1.29 is 4.79 Å². The van der Waals surface area contributed by atoms with E-state index in [9.17, 15) is 4.79 Å². The quantitative estimate of drug-likeness (QED) is 0.434. The Morgan fingerprint density at radius 3 is 1.89 bits per heavy atom. The summed E-state index contributed by atoms with van der Waals surface area (Å²) in [5.74, 6) is -0.0550. The van der Waals surface area contributed by atoms with Crippen LogP contribution in [0.5, 0.6) is 0 Å². The molecule has 0 heterocycles. The van der Waals surface area contributed by atoms with Gasteiger partial charge < -0.3 is 0 Å². The first-order chi connectivity index (χ1) is 8.74. The first-order valence-electron chi connectivity index (χ1n) is 5.71. The van der Waals surface area contributed by atoms with E-state index in [2.05, 4.69) is 31.4 Å². The number of carbonyl (C=O) groups is 1. The van der Waals surface area contributed by atoms with Crippen LogP contribution in [0.1, 0.15) is 15.9 Å². The molecule has 0 radical (unpaired) electrons. The average molecular weight is 236 g/mol. The molecule has 0 unspecified atom stereocenters. The van der Waals surface area contributed by atoms with Crippen LogP contribution < -0.4 is 0 Å². The normalized spacial score (nSPS) is 8.50. The Kier molecular flexibility index (Phi) is 5.96. The monoisotopic (exact) mass is 236 g/mol. The largest absolute Gasteiger partial charge is 0.289 e. The molecular formula is C17H16O. The molecule has 90 valence electrons. The van der Waals surface area contributed by atoms with Crippen LogP contribution in [0.3, 0.4) is 0 Å². The van der Waals surface area contributed by atoms with Crippen LogP contribution in [0.2, 0.25) is 0 Å². The molecule has 0 bridgehead atoms. The molecule has 0 saturated carbocycles. The van der Waals surface area contributed by atoms with E-state index in [1.165, 1.54) is 11.6 Å². The van der Waals surface area contributed by atoms with E-state index in [0.717, 1.165) is 0 Å². The number of rotatable bonds is 2. The second-order valence-electron chi connectivity index (χ2n) is 3.73. The summed E-state index contributed by atoms with van der Waals surface area (Å²) >= 11 is 0. The first kappa shape index (κ1) is 13.7. The van der Waals surface area contributed by atoms with E-state index < -0.39 is 0 Å². The molecular weight excluding hydrogens is 220 g/mol. The van der Waals surface area contributed by atoms with E-state index in [4.69, 9.17) is 0 Å². The lowest BCUT2D eigenvalue weighted by molar-refractivity contribution is 0.104. The summed E-state index contributed by atoms with van der Waals surface area (Å²) in [6, 6.07) is 19.3. The molecule has 2 rings (SSSR count). The van der Waals surface area contributed by atoms with E-state index >= 15 is 0 Å². The molecule has 0 N–H and O–H groups in total. The van der Waals surface area contributed by atoms with Crippen molar-refractivity contribution in [1.82, 2.24) is 0 Å². The molecule has 0 amide bonds. The maximum absolute atomic E-state index is 11.1. The van der Waals surface area contributed by atoms with E-state index in [1.807, 2.05) is 36.4 Å². The van der Waals surface area contributed by atoms with Gasteiger partial charge in [-0.2, -0.15) is 0 Å². The summed E-state index contributed by atoms with van der Waals surface area (Å²) in [6.07, 6.45) is 1.33. The fourth-order valence-electron chi connectivity index (χ4n) is 1.31. The molecule has 2 aromatic carbocycles. The zero-order valence-electron chi connectivity index (χ0n) is 10.5. The lowest BCUT2D eigenvalue weighted by atomic mass is 10.1. The van der Waals surface area contributed by atoms with Crippen LogP contribution in [0.25, 0.3) is 0 Å². The van der Waals surface area contributed by atoms with Gasteiger partial charge in [-0.3, -0.25) is 4.79 Å². The number of ketones is 1. The Labute approximate surface area is 108 Å². The first-order valence-corrected chi connectivity index (χ1v) is 5.71. The van der Waals surface area contributed by atoms with Crippen LogP contribution >= 0.6 is 0 Å². The molecule has 0 aliphatic carbocycles. The maximum Gasteiger partial charge on any atom is 0.193 e. The maximum atomic E-state index is 11.1. The molecule has 1 heteroatoms. The summed E-state index contributed by atoms with van der Waals surface area (Å²) in [4.78, 5) is 11.1. The number of hydrogen-bond acceptors (Lipinski definition) is 1. The highest BCUT2D eigenvalue weighted by atomic mass is 16.1. The third-order valence-corrected chi connectivity index (χ3v) is 2.23. The van der Waals surface area contributed by atoms with Gasteiger partial charge in [0.15, 0.2) is 5.78 Å². The van der Waals surface area contributed by atoms with Gasteiger partial charge in [0.25, 0.3) is 0 Å². The summed E-state index contributed by atoms with van der Waals surface area (Å²) in [7, 11) is 0. The zero-order valence-corrected chi connectivity index (χ0v) is 10.5. The second-order valence-corrected chi connectivity index (χ2v) is 3.73. The van der Waals surface area contributed by atoms with Gasteiger partial charge in [0, 0.05) is 11.6 Å². The van der Waals surface area contributed by atoms with Gasteiger partial charge in [-0.25, -0.2) is 0 Å². The van der Waals surface area contributed by atoms with Gasteiger partial charge in [-0.05, 0) is 6.92 Å². The molecule has 0 atom stereocenters. The molecule has 2 aromatic rings. The molecule has 0 aromatic heterocycles. The van der Waals surface area contributed by atoms with Gasteiger partial charge in [0.05, 0.1) is 0 Å². The number of carbonyl (C=O) groups excluding carboxylic acids is 1. The summed E-state index contributed by atoms with van der Waals surface area (Å²) in [5.41, 5.74) is 4.43. The van der Waals surface area contributed by atoms with Crippen molar-refractivity contribution in [2.45, 2.75) is 6.92 Å². The Balaban J connectivity index is 0.000000199. The van der Waals surface area contributed by atoms with Gasteiger partial charge in [-0.15, -0.1) is 5.73 Å². The lowest BCUT2D eigenvalue weighted by Gasteiger charge is -1.90. The van der Waals surface area contributed by atoms with Crippen molar-refractivity contribution in [3.05, 3.63) is 90.2 Å². The van der Waals surface area contributed by atoms with Crippen LogP contribution in [0.4, 0.5) is 0 Å². The topological polar surface area (TPSA) is 17.1 Å². The van der Waals surface area contributed by atoms with Crippen LogP contribution in [-0.2, 0) is 0 Å². The minimum atomic E-state index is -0.0550. The highest BCUT2D eigenvalue weighted by Gasteiger charge is 1.97. The smallest absolute Gasteiger partial charge is 0.193 e. The highest BCUT2D eigenvalue weighted by molar-refractivity contribution is 6.04. The van der Waals surface area contributed by atoms with Crippen molar-refractivity contribution in [2.75, 3.05) is 0 Å². The van der Waals surface area contributed by atoms with Gasteiger partial charge in [0.1, 0.15) is 0 Å². The highest BCUT2D eigenvalue weighted by Crippen LogP contribution is 1.99. The third-order valence-electron chi connectivity index (χ3n) is 2.23. The molecule has 0 spiro atoms. The van der Waals surface area contributed by atoms with Crippen molar-refractivity contribution in [3.63, 3.8) is 0 Å². The van der Waals surface area contributed by atoms with Crippen LogP contribution in [-0.4, -0.2) is 5.78 Å². The number of allylic oxidation sites excluding steroid dienone is 1. The van der Waals surface area contributed by atoms with Crippen molar-refractivity contribution in [1.29, 1.82) is 0 Å². The van der Waals surface area contributed by atoms with Crippen molar-refractivity contribution in [2.24, 2.45) is 0 Å². The Morgan fingerprint density at radius 2 is 1.50 bits per heavy atom. The van der Waals surface area contributed by atoms with E-state index in [-0.39, 0.29) is 5.78 Å². The fraction of sp³-hybridized carbons (Fsp3) is 0.0588. The molecule has 1 nitrogen and oxygen atoms in total. The van der Waals surface area contributed by atoms with Crippen molar-refractivity contribution >= 4 is 5.78 Å². The Morgan fingerprint density at radius 1 is 1.00 bits per heavy atom. The average Bonchev–Trinajstić information content (AvgIpc) is 2.42. The molecule has 0 saturated heterocycles. The predicted octanol–water partition coefficient (Wildman–Crippen LogP) is 4.21. The summed E-state index contributed by atoms with van der Waals surface area (Å²) < 4.78 is 0. The van der Waals surface area contributed by atoms with Gasteiger partial charge in [-0.1, -0.05) is 72.8 Å². The van der Waals surface area contributed by atoms with Crippen molar-refractivity contribution in [3.8, 4) is 0 Å². The van der Waals surface area contributed by atoms with Crippen LogP contribution in [0.15, 0.2) is 79.0 Å². The zero-order chi connectivity index (χ0) is 13.2. The molecule has 0 aliphatic heterocycles. The number of benzene rings is 2. The Hall–Kier alpha value is -2.37. The van der Waals surface area contributed by atoms with Gasteiger partial charge >= 0.3 is 0 Å². The van der Waals surface area contributed by atoms with Crippen LogP contribution in [0, 0.1) is 6.92 Å². The second kappa shape index (κ2) is 7.83. The summed E-state index contributed by atoms with van der Waals surface area (Å²) in [6.45, 7) is 5.41. The minimum absolute atomic E-state index is 0.0550. The van der Waals surface area contributed by atoms with Gasteiger partial charge in [0.2, 0.25) is 0 Å². The van der Waals surface area contributed by atoms with E-state index in [1.54, 1.807) is 12.1 Å². The molecule has 18 heavy (non-hydrogen) atoms. The Bertz CT molecular complexity index is 520. The SMILES string of the molecule is C=C=CC(=O)c1ccccc1.Cc1ccccc1. The standard InChI is InChI=1S/C10H8O.C7H8/c1-2-6-10(11)9-7-4-3-5-8-9;1-7-5-3-2-4-6-7/h3-8H,1H2;2-6H,1H3. The predicted molar refractivity (Wildman–Crippen MR) is 75.7 cm³/mol. The van der Waals surface area contributed by atoms with E-state index in [0.29, 0.717) is 5.56 Å². The third kappa shape index (κ3) is 5.11.